The molecule has 16 heavy (non-hydrogen) atoms. The Hall–Kier alpha value is -1.81. The van der Waals surface area contributed by atoms with E-state index >= 15 is 0 Å². The first-order chi connectivity index (χ1) is 7.66. The number of aliphatic hydroxyl groups excluding tert-OH is 1. The maximum atomic E-state index is 9.65. The van der Waals surface area contributed by atoms with Crippen molar-refractivity contribution < 1.29 is 5.11 Å². The van der Waals surface area contributed by atoms with Gasteiger partial charge in [-0.1, -0.05) is 24.3 Å². The summed E-state index contributed by atoms with van der Waals surface area (Å²) in [5.74, 6) is 0. The van der Waals surface area contributed by atoms with Gasteiger partial charge in [0.05, 0.1) is 23.7 Å². The zero-order valence-electron chi connectivity index (χ0n) is 9.17. The molecule has 0 saturated heterocycles. The summed E-state index contributed by atoms with van der Waals surface area (Å²) in [7, 11) is 0. The van der Waals surface area contributed by atoms with E-state index < -0.39 is 6.10 Å². The number of anilines is 1. The molecule has 1 atom stereocenters. The largest absolute Gasteiger partial charge is 0.396 e. The van der Waals surface area contributed by atoms with Crippen LogP contribution >= 0.6 is 0 Å². The lowest BCUT2D eigenvalue weighted by Crippen LogP contribution is -2.05. The topological polar surface area (TPSA) is 64.1 Å². The number of nitrogen functional groups attached to an aromatic ring is 1. The Morgan fingerprint density at radius 2 is 2.31 bits per heavy atom. The van der Waals surface area contributed by atoms with Crippen LogP contribution in [0.25, 0.3) is 5.70 Å². The van der Waals surface area contributed by atoms with Gasteiger partial charge in [0.15, 0.2) is 0 Å². The lowest BCUT2D eigenvalue weighted by molar-refractivity contribution is 0.271. The molecule has 3 N–H and O–H groups in total. The molecule has 4 heteroatoms. The molecule has 0 fully saturated rings. The zero-order chi connectivity index (χ0) is 11.5. The summed E-state index contributed by atoms with van der Waals surface area (Å²) < 4.78 is 1.72. The number of aliphatic hydroxyl groups is 1. The standard InChI is InChI=1S/C12H15N3O/c1-9-12(13)8-15(14-9)10-5-3-2-4-6-11(16)7-10/h2-4,6-8,11,16H,5,13H2,1H3/b3-2?,6-4?,10-7+. The van der Waals surface area contributed by atoms with Crippen LogP contribution in [0.1, 0.15) is 12.1 Å². The first-order valence-corrected chi connectivity index (χ1v) is 5.21. The molecule has 1 aromatic heterocycles. The molecule has 0 radical (unpaired) electrons. The molecule has 0 saturated carbocycles. The smallest absolute Gasteiger partial charge is 0.0926 e. The first-order valence-electron chi connectivity index (χ1n) is 5.21. The number of hydrogen-bond donors (Lipinski definition) is 2. The summed E-state index contributed by atoms with van der Waals surface area (Å²) in [6.45, 7) is 1.86. The van der Waals surface area contributed by atoms with Gasteiger partial charge in [0.2, 0.25) is 0 Å². The van der Waals surface area contributed by atoms with Crippen molar-refractivity contribution in [3.8, 4) is 0 Å². The van der Waals surface area contributed by atoms with Gasteiger partial charge in [-0.15, -0.1) is 0 Å². The number of aryl methyl sites for hydroxylation is 1. The van der Waals surface area contributed by atoms with Crippen LogP contribution < -0.4 is 5.73 Å². The van der Waals surface area contributed by atoms with E-state index in [0.29, 0.717) is 5.69 Å². The quantitative estimate of drug-likeness (QED) is 0.749. The van der Waals surface area contributed by atoms with Gasteiger partial charge in [-0.2, -0.15) is 5.10 Å². The predicted octanol–water partition coefficient (Wildman–Crippen LogP) is 1.49. The third-order valence-electron chi connectivity index (χ3n) is 2.48. The maximum absolute atomic E-state index is 9.65. The summed E-state index contributed by atoms with van der Waals surface area (Å²) in [5, 5.41) is 13.9. The van der Waals surface area contributed by atoms with Crippen LogP contribution in [-0.4, -0.2) is 21.0 Å². The highest BCUT2D eigenvalue weighted by Crippen LogP contribution is 2.17. The minimum atomic E-state index is -0.578. The summed E-state index contributed by atoms with van der Waals surface area (Å²) in [4.78, 5) is 0. The molecule has 1 aliphatic carbocycles. The third-order valence-corrected chi connectivity index (χ3v) is 2.48. The van der Waals surface area contributed by atoms with Crippen molar-refractivity contribution in [1.82, 2.24) is 9.78 Å². The van der Waals surface area contributed by atoms with Gasteiger partial charge in [-0.25, -0.2) is 4.68 Å². The third kappa shape index (κ3) is 2.23. The average molecular weight is 217 g/mol. The molecule has 1 unspecified atom stereocenters. The van der Waals surface area contributed by atoms with Crippen molar-refractivity contribution in [2.45, 2.75) is 19.4 Å². The number of allylic oxidation sites excluding steroid dienone is 4. The van der Waals surface area contributed by atoms with Crippen LogP contribution in [0.15, 0.2) is 36.6 Å². The molecule has 1 aromatic rings. The van der Waals surface area contributed by atoms with Crippen molar-refractivity contribution in [3.63, 3.8) is 0 Å². The second kappa shape index (κ2) is 4.37. The van der Waals surface area contributed by atoms with Crippen molar-refractivity contribution in [2.24, 2.45) is 0 Å². The molecule has 4 nitrogen and oxygen atoms in total. The molecule has 84 valence electrons. The maximum Gasteiger partial charge on any atom is 0.0926 e. The van der Waals surface area contributed by atoms with E-state index in [0.717, 1.165) is 17.8 Å². The second-order valence-corrected chi connectivity index (χ2v) is 3.78. The number of rotatable bonds is 1. The SMILES string of the molecule is Cc1nn(/C2=C/C(O)C=CC=CC2)cc1N. The van der Waals surface area contributed by atoms with Crippen molar-refractivity contribution in [3.05, 3.63) is 42.3 Å². The minimum Gasteiger partial charge on any atom is -0.396 e. The van der Waals surface area contributed by atoms with Gasteiger partial charge < -0.3 is 10.8 Å². The van der Waals surface area contributed by atoms with Crippen molar-refractivity contribution in [1.29, 1.82) is 0 Å². The Morgan fingerprint density at radius 3 is 3.00 bits per heavy atom. The first kappa shape index (κ1) is 10.7. The minimum absolute atomic E-state index is 0.578. The molecule has 0 aromatic carbocycles. The van der Waals surface area contributed by atoms with E-state index in [1.807, 2.05) is 25.2 Å². The van der Waals surface area contributed by atoms with E-state index in [4.69, 9.17) is 5.73 Å². The molecule has 1 heterocycles. The fraction of sp³-hybridized carbons (Fsp3) is 0.250. The van der Waals surface area contributed by atoms with E-state index in [1.165, 1.54) is 0 Å². The summed E-state index contributed by atoms with van der Waals surface area (Å²) in [6, 6.07) is 0. The number of nitrogens with zero attached hydrogens (tertiary/aromatic N) is 2. The molecule has 2 rings (SSSR count). The monoisotopic (exact) mass is 217 g/mol. The van der Waals surface area contributed by atoms with E-state index in [9.17, 15) is 5.11 Å². The van der Waals surface area contributed by atoms with Gasteiger partial charge >= 0.3 is 0 Å². The van der Waals surface area contributed by atoms with Crippen molar-refractivity contribution in [2.75, 3.05) is 5.73 Å². The fourth-order valence-electron chi connectivity index (χ4n) is 1.56. The Balaban J connectivity index is 2.35. The summed E-state index contributed by atoms with van der Waals surface area (Å²) in [5.41, 5.74) is 8.14. The Bertz CT molecular complexity index is 449. The number of aromatic nitrogens is 2. The number of nitrogens with two attached hydrogens (primary N) is 1. The Kier molecular flexibility index (Phi) is 2.92. The lowest BCUT2D eigenvalue weighted by Gasteiger charge is -2.08. The van der Waals surface area contributed by atoms with Crippen LogP contribution in [0.5, 0.6) is 0 Å². The molecule has 1 aliphatic rings. The van der Waals surface area contributed by atoms with E-state index in [2.05, 4.69) is 5.10 Å². The highest BCUT2D eigenvalue weighted by Gasteiger charge is 2.07. The Morgan fingerprint density at radius 1 is 1.50 bits per heavy atom. The lowest BCUT2D eigenvalue weighted by atomic mass is 10.1. The Labute approximate surface area is 94.4 Å². The highest BCUT2D eigenvalue weighted by atomic mass is 16.3. The van der Waals surface area contributed by atoms with E-state index in [1.54, 1.807) is 23.0 Å². The molecular formula is C12H15N3O. The van der Waals surface area contributed by atoms with Crippen LogP contribution in [0.4, 0.5) is 5.69 Å². The highest BCUT2D eigenvalue weighted by molar-refractivity contribution is 5.52. The molecule has 0 aliphatic heterocycles. The van der Waals surface area contributed by atoms with Crippen LogP contribution in [0.3, 0.4) is 0 Å². The van der Waals surface area contributed by atoms with E-state index in [-0.39, 0.29) is 0 Å². The molecular weight excluding hydrogens is 202 g/mol. The van der Waals surface area contributed by atoms with Crippen LogP contribution in [0.2, 0.25) is 0 Å². The van der Waals surface area contributed by atoms with Gasteiger partial charge in [-0.05, 0) is 13.0 Å². The van der Waals surface area contributed by atoms with Gasteiger partial charge in [0.25, 0.3) is 0 Å². The molecule has 0 bridgehead atoms. The van der Waals surface area contributed by atoms with Crippen molar-refractivity contribution >= 4 is 11.4 Å². The van der Waals surface area contributed by atoms with Gasteiger partial charge in [-0.3, -0.25) is 0 Å². The fourth-order valence-corrected chi connectivity index (χ4v) is 1.56. The van der Waals surface area contributed by atoms with Crippen LogP contribution in [-0.2, 0) is 0 Å². The molecule has 0 spiro atoms. The second-order valence-electron chi connectivity index (χ2n) is 3.78. The summed E-state index contributed by atoms with van der Waals surface area (Å²) in [6.07, 6.45) is 11.2. The van der Waals surface area contributed by atoms with Gasteiger partial charge in [0, 0.05) is 12.1 Å². The zero-order valence-corrected chi connectivity index (χ0v) is 9.17. The van der Waals surface area contributed by atoms with Gasteiger partial charge in [0.1, 0.15) is 0 Å². The average Bonchev–Trinajstić information content (AvgIpc) is 2.53. The number of hydrogen-bond acceptors (Lipinski definition) is 3. The predicted molar refractivity (Wildman–Crippen MR) is 64.6 cm³/mol. The van der Waals surface area contributed by atoms with Crippen LogP contribution in [0, 0.1) is 6.92 Å². The normalized spacial score (nSPS) is 23.6. The summed E-state index contributed by atoms with van der Waals surface area (Å²) >= 11 is 0. The molecule has 0 amide bonds.